The minimum absolute atomic E-state index is 0.0233. The summed E-state index contributed by atoms with van der Waals surface area (Å²) in [6, 6.07) is 11.2. The van der Waals surface area contributed by atoms with Gasteiger partial charge in [0, 0.05) is 11.1 Å². The molecule has 0 spiro atoms. The molecule has 0 bridgehead atoms. The minimum atomic E-state index is 0.0233. The Morgan fingerprint density at radius 3 is 1.47 bits per heavy atom. The van der Waals surface area contributed by atoms with Gasteiger partial charge in [0.1, 0.15) is 20.9 Å². The van der Waals surface area contributed by atoms with E-state index in [0.29, 0.717) is 10.6 Å². The van der Waals surface area contributed by atoms with Crippen LogP contribution in [0.5, 0.6) is 0 Å². The number of benzene rings is 2. The third-order valence-electron chi connectivity index (χ3n) is 10.9. The molecule has 0 unspecified atom stereocenters. The Morgan fingerprint density at radius 1 is 0.702 bits per heavy atom. The molecule has 2 aliphatic rings. The topological polar surface area (TPSA) is 70.8 Å². The molecular formula is C40H50N2O2S3. The third-order valence-corrected chi connectivity index (χ3v) is 14.1. The second kappa shape index (κ2) is 13.1. The van der Waals surface area contributed by atoms with Crippen LogP contribution in [-0.2, 0) is 34.5 Å². The molecule has 2 aliphatic carbocycles. The van der Waals surface area contributed by atoms with Crippen LogP contribution in [0.2, 0.25) is 0 Å². The van der Waals surface area contributed by atoms with Crippen LogP contribution in [-0.4, -0.2) is 27.4 Å². The molecule has 3 aromatic rings. The lowest BCUT2D eigenvalue weighted by atomic mass is 9.62. The van der Waals surface area contributed by atoms with Crippen LogP contribution >= 0.6 is 35.1 Å². The highest BCUT2D eigenvalue weighted by atomic mass is 32.2. The first-order valence-electron chi connectivity index (χ1n) is 17.0. The predicted octanol–water partition coefficient (Wildman–Crippen LogP) is 10.8. The van der Waals surface area contributed by atoms with E-state index < -0.39 is 0 Å². The van der Waals surface area contributed by atoms with Crippen molar-refractivity contribution in [3.05, 3.63) is 74.3 Å². The van der Waals surface area contributed by atoms with E-state index in [-0.39, 0.29) is 44.7 Å². The lowest BCUT2D eigenvalue weighted by molar-refractivity contribution is 0.101. The molecule has 0 radical (unpaired) electrons. The van der Waals surface area contributed by atoms with Crippen LogP contribution in [0, 0.1) is 11.3 Å². The van der Waals surface area contributed by atoms with E-state index in [2.05, 4.69) is 104 Å². The quantitative estimate of drug-likeness (QED) is 0.156. The summed E-state index contributed by atoms with van der Waals surface area (Å²) in [7, 11) is 0. The van der Waals surface area contributed by atoms with E-state index >= 15 is 0 Å². The highest BCUT2D eigenvalue weighted by Crippen LogP contribution is 2.48. The van der Waals surface area contributed by atoms with Crippen LogP contribution in [0.3, 0.4) is 0 Å². The third kappa shape index (κ3) is 6.90. The van der Waals surface area contributed by atoms with Gasteiger partial charge in [-0.2, -0.15) is 9.64 Å². The van der Waals surface area contributed by atoms with Gasteiger partial charge in [0.15, 0.2) is 11.6 Å². The Hall–Kier alpha value is -2.40. The number of Topliss-reactive ketones (excluding diaryl/α,β-unsaturated/α-hetero) is 2. The zero-order valence-electron chi connectivity index (χ0n) is 29.9. The number of aromatic nitrogens is 1. The van der Waals surface area contributed by atoms with Gasteiger partial charge in [-0.3, -0.25) is 9.59 Å². The molecule has 1 aromatic heterocycles. The smallest absolute Gasteiger partial charge is 0.173 e. The standard InChI is InChI=1S/C40H50N2O2S3/c1-11-24-17-29-31(39(7,8)15-13-37(29,3)4)19-26(24)33(43)22-45-35-28(21-41)36(47-42-35)46-23-34(44)27-20-32-30(18-25(27)12-2)38(5,6)14-16-40(32,9)10/h17-20H,11-16,22-23H2,1-10H3. The normalized spacial score (nSPS) is 18.6. The fourth-order valence-corrected chi connectivity index (χ4v) is 10.3. The van der Waals surface area contributed by atoms with Crippen LogP contribution in [0.1, 0.15) is 155 Å². The molecule has 2 aromatic carbocycles. The molecular weight excluding hydrogens is 637 g/mol. The minimum Gasteiger partial charge on any atom is -0.293 e. The summed E-state index contributed by atoms with van der Waals surface area (Å²) in [6.45, 7) is 22.6. The number of nitrogens with zero attached hydrogens (tertiary/aromatic N) is 2. The zero-order valence-corrected chi connectivity index (χ0v) is 32.4. The van der Waals surface area contributed by atoms with Crippen molar-refractivity contribution in [2.75, 3.05) is 11.5 Å². The number of hydrogen-bond donors (Lipinski definition) is 0. The Labute approximate surface area is 295 Å². The van der Waals surface area contributed by atoms with Crippen molar-refractivity contribution in [2.45, 2.75) is 139 Å². The van der Waals surface area contributed by atoms with Crippen molar-refractivity contribution >= 4 is 46.6 Å². The Balaban J connectivity index is 1.33. The molecule has 0 fully saturated rings. The number of fused-ring (bicyclic) bond motifs is 2. The summed E-state index contributed by atoms with van der Waals surface area (Å²) in [5.74, 6) is 0.622. The molecule has 0 aliphatic heterocycles. The summed E-state index contributed by atoms with van der Waals surface area (Å²) in [5, 5.41) is 10.7. The Morgan fingerprint density at radius 2 is 1.09 bits per heavy atom. The van der Waals surface area contributed by atoms with E-state index in [1.807, 2.05) is 0 Å². The first-order chi connectivity index (χ1) is 22.0. The van der Waals surface area contributed by atoms with Crippen molar-refractivity contribution in [1.82, 2.24) is 4.37 Å². The highest BCUT2D eigenvalue weighted by Gasteiger charge is 2.39. The van der Waals surface area contributed by atoms with E-state index in [1.54, 1.807) is 0 Å². The van der Waals surface area contributed by atoms with Crippen LogP contribution in [0.25, 0.3) is 0 Å². The van der Waals surface area contributed by atoms with E-state index in [9.17, 15) is 14.9 Å². The Kier molecular flexibility index (Phi) is 10.0. The number of ketones is 2. The molecule has 0 N–H and O–H groups in total. The molecule has 47 heavy (non-hydrogen) atoms. The van der Waals surface area contributed by atoms with Gasteiger partial charge in [0.25, 0.3) is 0 Å². The van der Waals surface area contributed by atoms with Gasteiger partial charge < -0.3 is 0 Å². The number of aryl methyl sites for hydroxylation is 2. The molecule has 1 heterocycles. The van der Waals surface area contributed by atoms with Crippen molar-refractivity contribution in [3.8, 4) is 6.07 Å². The molecule has 0 saturated carbocycles. The molecule has 0 amide bonds. The summed E-state index contributed by atoms with van der Waals surface area (Å²) in [6.07, 6.45) is 6.05. The lowest BCUT2D eigenvalue weighted by Crippen LogP contribution is -2.34. The lowest BCUT2D eigenvalue weighted by Gasteiger charge is -2.42. The van der Waals surface area contributed by atoms with Gasteiger partial charge in [-0.25, -0.2) is 0 Å². The van der Waals surface area contributed by atoms with Crippen molar-refractivity contribution in [1.29, 1.82) is 5.26 Å². The van der Waals surface area contributed by atoms with Gasteiger partial charge in [-0.1, -0.05) is 93.1 Å². The average molecular weight is 687 g/mol. The maximum atomic E-state index is 13.7. The number of nitriles is 1. The van der Waals surface area contributed by atoms with Gasteiger partial charge in [-0.05, 0) is 117 Å². The Bertz CT molecular complexity index is 1650. The SMILES string of the molecule is CCc1cc2c(cc1C(=O)CSc1nsc(SCC(=O)c3cc4c(cc3CC)C(C)(C)CCC4(C)C)c1C#N)C(C)(C)CCC2(C)C. The summed E-state index contributed by atoms with van der Waals surface area (Å²) in [4.78, 5) is 27.4. The maximum Gasteiger partial charge on any atom is 0.173 e. The van der Waals surface area contributed by atoms with Gasteiger partial charge in [-0.15, -0.1) is 11.8 Å². The van der Waals surface area contributed by atoms with Crippen molar-refractivity contribution in [2.24, 2.45) is 0 Å². The number of carbonyl (C=O) groups excluding carboxylic acids is 2. The second-order valence-electron chi connectivity index (χ2n) is 16.0. The molecule has 0 saturated heterocycles. The summed E-state index contributed by atoms with van der Waals surface area (Å²) in [5.41, 5.74) is 9.80. The summed E-state index contributed by atoms with van der Waals surface area (Å²) >= 11 is 3.97. The predicted molar refractivity (Wildman–Crippen MR) is 199 cm³/mol. The first kappa shape index (κ1) is 35.9. The van der Waals surface area contributed by atoms with Crippen LogP contribution in [0.4, 0.5) is 0 Å². The molecule has 250 valence electrons. The van der Waals surface area contributed by atoms with Gasteiger partial charge in [0.2, 0.25) is 0 Å². The number of carbonyl (C=O) groups is 2. The zero-order chi connectivity index (χ0) is 34.5. The monoisotopic (exact) mass is 686 g/mol. The van der Waals surface area contributed by atoms with Crippen LogP contribution < -0.4 is 0 Å². The van der Waals surface area contributed by atoms with Crippen molar-refractivity contribution < 1.29 is 9.59 Å². The van der Waals surface area contributed by atoms with E-state index in [1.165, 1.54) is 57.3 Å². The molecule has 7 heteroatoms. The van der Waals surface area contributed by atoms with Crippen LogP contribution in [0.15, 0.2) is 33.5 Å². The number of hydrogen-bond acceptors (Lipinski definition) is 7. The fourth-order valence-electron chi connectivity index (χ4n) is 7.39. The van der Waals surface area contributed by atoms with E-state index in [4.69, 9.17) is 0 Å². The molecule has 4 nitrogen and oxygen atoms in total. The average Bonchev–Trinajstić information content (AvgIpc) is 3.43. The maximum absolute atomic E-state index is 13.7. The van der Waals surface area contributed by atoms with Gasteiger partial charge >= 0.3 is 0 Å². The largest absolute Gasteiger partial charge is 0.293 e. The van der Waals surface area contributed by atoms with E-state index in [0.717, 1.165) is 65.0 Å². The first-order valence-corrected chi connectivity index (χ1v) is 19.8. The number of thioether (sulfide) groups is 2. The molecule has 5 rings (SSSR count). The summed E-state index contributed by atoms with van der Waals surface area (Å²) < 4.78 is 5.32. The van der Waals surface area contributed by atoms with Gasteiger partial charge in [0.05, 0.1) is 11.5 Å². The fraction of sp³-hybridized carbons (Fsp3) is 0.550. The van der Waals surface area contributed by atoms with Crippen molar-refractivity contribution in [3.63, 3.8) is 0 Å². The molecule has 0 atom stereocenters. The number of rotatable bonds is 10. The highest BCUT2D eigenvalue weighted by molar-refractivity contribution is 8.02. The second-order valence-corrected chi connectivity index (χ2v) is 19.0.